The van der Waals surface area contributed by atoms with Crippen LogP contribution >= 0.6 is 0 Å². The molecule has 0 aromatic carbocycles. The van der Waals surface area contributed by atoms with Crippen LogP contribution < -0.4 is 5.32 Å². The average molecular weight is 262 g/mol. The van der Waals surface area contributed by atoms with Crippen LogP contribution in [0, 0.1) is 36.0 Å². The molecule has 3 aliphatic rings. The summed E-state index contributed by atoms with van der Waals surface area (Å²) in [6, 6.07) is -0.0769. The molecule has 3 rings (SSSR count). The second kappa shape index (κ2) is 4.44. The third kappa shape index (κ3) is 2.05. The van der Waals surface area contributed by atoms with Crippen LogP contribution in [0.5, 0.6) is 0 Å². The Labute approximate surface area is 112 Å². The number of rotatable bonds is 4. The Hall–Kier alpha value is -1.70. The van der Waals surface area contributed by atoms with Gasteiger partial charge in [-0.2, -0.15) is 0 Å². The number of amides is 2. The Morgan fingerprint density at radius 1 is 1.32 bits per heavy atom. The summed E-state index contributed by atoms with van der Waals surface area (Å²) in [7, 11) is 0. The number of urea groups is 1. The van der Waals surface area contributed by atoms with Gasteiger partial charge in [0.25, 0.3) is 0 Å². The van der Waals surface area contributed by atoms with Gasteiger partial charge >= 0.3 is 12.0 Å². The van der Waals surface area contributed by atoms with Crippen molar-refractivity contribution in [3.8, 4) is 12.3 Å². The van der Waals surface area contributed by atoms with Crippen LogP contribution in [-0.2, 0) is 4.79 Å². The lowest BCUT2D eigenvalue weighted by Crippen LogP contribution is -2.45. The van der Waals surface area contributed by atoms with E-state index in [1.807, 2.05) is 0 Å². The van der Waals surface area contributed by atoms with Crippen molar-refractivity contribution < 1.29 is 14.7 Å². The molecule has 0 aliphatic heterocycles. The maximum absolute atomic E-state index is 12.0. The summed E-state index contributed by atoms with van der Waals surface area (Å²) in [4.78, 5) is 23.9. The van der Waals surface area contributed by atoms with Crippen LogP contribution in [0.1, 0.15) is 19.3 Å². The van der Waals surface area contributed by atoms with E-state index >= 15 is 0 Å². The molecule has 0 heterocycles. The highest BCUT2D eigenvalue weighted by molar-refractivity contribution is 5.80. The highest BCUT2D eigenvalue weighted by atomic mass is 16.4. The Morgan fingerprint density at radius 3 is 2.47 bits per heavy atom. The first kappa shape index (κ1) is 12.3. The minimum atomic E-state index is -1.04. The highest BCUT2D eigenvalue weighted by Crippen LogP contribution is 2.65. The standard InChI is InChI=1S/C14H18N2O3/c1-2-5-16(7-10(17)18)14(19)15-13-11-8-3-4-9(6-8)12(11)13/h1,8-9,11-13H,3-7H2,(H,15,19)(H,17,18). The van der Waals surface area contributed by atoms with Crippen molar-refractivity contribution in [1.29, 1.82) is 0 Å². The molecule has 0 aromatic heterocycles. The van der Waals surface area contributed by atoms with Crippen LogP contribution in [-0.4, -0.2) is 41.1 Å². The van der Waals surface area contributed by atoms with E-state index in [0.717, 1.165) is 11.8 Å². The number of fused-ring (bicyclic) bond motifs is 5. The second-order valence-electron chi connectivity index (χ2n) is 5.92. The van der Waals surface area contributed by atoms with Gasteiger partial charge in [0.1, 0.15) is 6.54 Å². The van der Waals surface area contributed by atoms with Crippen LogP contribution in [0.2, 0.25) is 0 Å². The molecule has 2 amide bonds. The van der Waals surface area contributed by atoms with E-state index in [2.05, 4.69) is 11.2 Å². The zero-order valence-corrected chi connectivity index (χ0v) is 10.7. The van der Waals surface area contributed by atoms with Crippen LogP contribution in [0.3, 0.4) is 0 Å². The second-order valence-corrected chi connectivity index (χ2v) is 5.92. The minimum Gasteiger partial charge on any atom is -0.480 e. The molecule has 0 saturated heterocycles. The van der Waals surface area contributed by atoms with Gasteiger partial charge in [0.05, 0.1) is 6.54 Å². The number of nitrogens with zero attached hydrogens (tertiary/aromatic N) is 1. The Balaban J connectivity index is 1.56. The average Bonchev–Trinajstić information content (AvgIpc) is 2.76. The third-order valence-electron chi connectivity index (χ3n) is 4.92. The first-order valence-corrected chi connectivity index (χ1v) is 6.82. The quantitative estimate of drug-likeness (QED) is 0.735. The zero-order chi connectivity index (χ0) is 13.6. The number of hydrogen-bond acceptors (Lipinski definition) is 2. The molecule has 4 unspecified atom stereocenters. The fraction of sp³-hybridized carbons (Fsp3) is 0.714. The molecule has 102 valence electrons. The molecule has 0 spiro atoms. The molecule has 4 atom stereocenters. The van der Waals surface area contributed by atoms with E-state index in [0.29, 0.717) is 11.8 Å². The molecular weight excluding hydrogens is 244 g/mol. The number of carboxylic acid groups (broad SMARTS) is 1. The van der Waals surface area contributed by atoms with Crippen LogP contribution in [0.4, 0.5) is 4.79 Å². The molecule has 0 radical (unpaired) electrons. The van der Waals surface area contributed by atoms with Crippen molar-refractivity contribution in [3.63, 3.8) is 0 Å². The van der Waals surface area contributed by atoms with Gasteiger partial charge in [-0.3, -0.25) is 4.79 Å². The molecule has 0 aromatic rings. The van der Waals surface area contributed by atoms with Gasteiger partial charge in [-0.05, 0) is 42.9 Å². The Bertz CT molecular complexity index is 440. The van der Waals surface area contributed by atoms with Gasteiger partial charge in [-0.15, -0.1) is 6.42 Å². The summed E-state index contributed by atoms with van der Waals surface area (Å²) in [5, 5.41) is 11.7. The predicted octanol–water partition coefficient (Wildman–Crippen LogP) is 0.760. The normalized spacial score (nSPS) is 37.3. The van der Waals surface area contributed by atoms with Gasteiger partial charge < -0.3 is 15.3 Å². The monoisotopic (exact) mass is 262 g/mol. The lowest BCUT2D eigenvalue weighted by molar-refractivity contribution is -0.137. The number of terminal acetylenes is 1. The van der Waals surface area contributed by atoms with Gasteiger partial charge in [-0.1, -0.05) is 5.92 Å². The first-order chi connectivity index (χ1) is 9.11. The van der Waals surface area contributed by atoms with Crippen LogP contribution in [0.25, 0.3) is 0 Å². The maximum atomic E-state index is 12.0. The Morgan fingerprint density at radius 2 is 1.95 bits per heavy atom. The molecule has 19 heavy (non-hydrogen) atoms. The third-order valence-corrected chi connectivity index (χ3v) is 4.92. The topological polar surface area (TPSA) is 69.6 Å². The molecule has 3 fully saturated rings. The van der Waals surface area contributed by atoms with Crippen molar-refractivity contribution in [1.82, 2.24) is 10.2 Å². The van der Waals surface area contributed by atoms with E-state index in [1.54, 1.807) is 0 Å². The number of carbonyl (C=O) groups is 2. The van der Waals surface area contributed by atoms with Gasteiger partial charge in [0.15, 0.2) is 0 Å². The van der Waals surface area contributed by atoms with Gasteiger partial charge in [0, 0.05) is 6.04 Å². The first-order valence-electron chi connectivity index (χ1n) is 6.82. The van der Waals surface area contributed by atoms with E-state index in [1.165, 1.54) is 24.2 Å². The lowest BCUT2D eigenvalue weighted by Gasteiger charge is -2.20. The summed E-state index contributed by atoms with van der Waals surface area (Å²) >= 11 is 0. The fourth-order valence-corrected chi connectivity index (χ4v) is 4.23. The molecule has 2 bridgehead atoms. The minimum absolute atomic E-state index is 0.0348. The fourth-order valence-electron chi connectivity index (χ4n) is 4.23. The molecule has 5 heteroatoms. The summed E-state index contributed by atoms with van der Waals surface area (Å²) in [6.07, 6.45) is 9.08. The van der Waals surface area contributed by atoms with Crippen LogP contribution in [0.15, 0.2) is 0 Å². The predicted molar refractivity (Wildman–Crippen MR) is 68.2 cm³/mol. The van der Waals surface area contributed by atoms with E-state index < -0.39 is 5.97 Å². The van der Waals surface area contributed by atoms with Crippen molar-refractivity contribution in [2.75, 3.05) is 13.1 Å². The van der Waals surface area contributed by atoms with Gasteiger partial charge in [-0.25, -0.2) is 4.79 Å². The lowest BCUT2D eigenvalue weighted by atomic mass is 10.0. The van der Waals surface area contributed by atoms with Crippen molar-refractivity contribution >= 4 is 12.0 Å². The summed E-state index contributed by atoms with van der Waals surface area (Å²) < 4.78 is 0. The number of hydrogen-bond donors (Lipinski definition) is 2. The number of carboxylic acids is 1. The van der Waals surface area contributed by atoms with Gasteiger partial charge in [0.2, 0.25) is 0 Å². The largest absolute Gasteiger partial charge is 0.480 e. The van der Waals surface area contributed by atoms with Crippen molar-refractivity contribution in [2.45, 2.75) is 25.3 Å². The number of nitrogens with one attached hydrogen (secondary N) is 1. The molecular formula is C14H18N2O3. The highest BCUT2D eigenvalue weighted by Gasteiger charge is 2.65. The summed E-state index contributed by atoms with van der Waals surface area (Å²) in [5.41, 5.74) is 0. The smallest absolute Gasteiger partial charge is 0.323 e. The molecule has 2 N–H and O–H groups in total. The zero-order valence-electron chi connectivity index (χ0n) is 10.7. The Kier molecular flexibility index (Phi) is 2.89. The van der Waals surface area contributed by atoms with E-state index in [9.17, 15) is 9.59 Å². The number of aliphatic carboxylic acids is 1. The SMILES string of the molecule is C#CCN(CC(=O)O)C(=O)NC1C2C3CCC(C3)C12. The van der Waals surface area contributed by atoms with E-state index in [4.69, 9.17) is 11.5 Å². The van der Waals surface area contributed by atoms with E-state index in [-0.39, 0.29) is 25.2 Å². The number of carbonyl (C=O) groups excluding carboxylic acids is 1. The summed E-state index contributed by atoms with van der Waals surface area (Å²) in [6.45, 7) is -0.308. The molecule has 5 nitrogen and oxygen atoms in total. The maximum Gasteiger partial charge on any atom is 0.323 e. The van der Waals surface area contributed by atoms with Crippen molar-refractivity contribution in [2.24, 2.45) is 23.7 Å². The van der Waals surface area contributed by atoms with Crippen molar-refractivity contribution in [3.05, 3.63) is 0 Å². The summed E-state index contributed by atoms with van der Waals surface area (Å²) in [5.74, 6) is 4.12. The molecule has 3 saturated carbocycles. The molecule has 3 aliphatic carbocycles.